The first-order valence-corrected chi connectivity index (χ1v) is 14.5. The predicted molar refractivity (Wildman–Crippen MR) is 168 cm³/mol. The van der Waals surface area contributed by atoms with Gasteiger partial charge in [-0.15, -0.1) is 0 Å². The summed E-state index contributed by atoms with van der Waals surface area (Å²) in [5, 5.41) is 1.20. The van der Waals surface area contributed by atoms with Gasteiger partial charge in [0.1, 0.15) is 0 Å². The Bertz CT molecular complexity index is 2190. The summed E-state index contributed by atoms with van der Waals surface area (Å²) >= 11 is 0. The summed E-state index contributed by atoms with van der Waals surface area (Å²) in [6.45, 7) is 3.16. The lowest BCUT2D eigenvalue weighted by Gasteiger charge is -2.13. The van der Waals surface area contributed by atoms with Crippen LogP contribution in [-0.4, -0.2) is 28.3 Å². The normalized spacial score (nSPS) is 13.7. The van der Waals surface area contributed by atoms with E-state index in [1.54, 1.807) is 85.1 Å². The number of halogens is 6. The van der Waals surface area contributed by atoms with Crippen molar-refractivity contribution in [3.05, 3.63) is 124 Å². The van der Waals surface area contributed by atoms with Crippen molar-refractivity contribution in [2.24, 2.45) is 0 Å². The number of nitrogens with zero attached hydrogens (tertiary/aromatic N) is 2. The standard InChI is InChI=1S/C37H24F6N2O2/c1-19-11-23(15-25(13-19)36(38,39)40)21-7-9-30-28(17-21)29-18-22(24-12-20(2)14-26(16-24)37(41,42)43)8-10-31(29)45(30)32-6-4-5-27-33(32)35(47)44(3)34(27)46/h4-18H,1-3H3. The number of aromatic nitrogens is 1. The molecule has 0 bridgehead atoms. The number of rotatable bonds is 3. The molecule has 7 rings (SSSR count). The third-order valence-corrected chi connectivity index (χ3v) is 8.58. The number of fused-ring (bicyclic) bond motifs is 4. The summed E-state index contributed by atoms with van der Waals surface area (Å²) in [6, 6.07) is 22.9. The van der Waals surface area contributed by atoms with Crippen LogP contribution in [0.4, 0.5) is 26.3 Å². The van der Waals surface area contributed by atoms with E-state index in [1.165, 1.54) is 7.05 Å². The average molecular weight is 643 g/mol. The van der Waals surface area contributed by atoms with E-state index in [9.17, 15) is 35.9 Å². The molecule has 1 aromatic heterocycles. The van der Waals surface area contributed by atoms with Crippen molar-refractivity contribution < 1.29 is 35.9 Å². The number of amides is 2. The summed E-state index contributed by atoms with van der Waals surface area (Å²) in [6.07, 6.45) is -9.10. The largest absolute Gasteiger partial charge is 0.416 e. The highest BCUT2D eigenvalue weighted by atomic mass is 19.4. The molecule has 0 fully saturated rings. The van der Waals surface area contributed by atoms with E-state index in [0.717, 1.165) is 29.2 Å². The second-order valence-electron chi connectivity index (χ2n) is 11.8. The van der Waals surface area contributed by atoms with Gasteiger partial charge >= 0.3 is 12.4 Å². The van der Waals surface area contributed by atoms with Gasteiger partial charge in [-0.25, -0.2) is 0 Å². The van der Waals surface area contributed by atoms with E-state index in [1.807, 2.05) is 0 Å². The van der Waals surface area contributed by atoms with Gasteiger partial charge in [0.05, 0.1) is 39.0 Å². The number of benzene rings is 5. The van der Waals surface area contributed by atoms with Gasteiger partial charge in [-0.3, -0.25) is 14.5 Å². The van der Waals surface area contributed by atoms with Gasteiger partial charge in [0.25, 0.3) is 11.8 Å². The van der Waals surface area contributed by atoms with Crippen molar-refractivity contribution in [3.63, 3.8) is 0 Å². The number of carbonyl (C=O) groups is 2. The zero-order valence-electron chi connectivity index (χ0n) is 25.1. The Labute approximate surface area is 264 Å². The maximum atomic E-state index is 13.7. The van der Waals surface area contributed by atoms with Crippen LogP contribution in [0.15, 0.2) is 91.0 Å². The van der Waals surface area contributed by atoms with Crippen LogP contribution < -0.4 is 0 Å². The van der Waals surface area contributed by atoms with E-state index in [4.69, 9.17) is 0 Å². The first kappa shape index (κ1) is 30.3. The molecule has 0 aliphatic carbocycles. The summed E-state index contributed by atoms with van der Waals surface area (Å²) in [5.74, 6) is -0.931. The second-order valence-corrected chi connectivity index (χ2v) is 11.8. The number of hydrogen-bond acceptors (Lipinski definition) is 2. The van der Waals surface area contributed by atoms with Crippen molar-refractivity contribution >= 4 is 33.6 Å². The van der Waals surface area contributed by atoms with Gasteiger partial charge < -0.3 is 4.57 Å². The fraction of sp³-hybridized carbons (Fsp3) is 0.135. The summed E-state index contributed by atoms with van der Waals surface area (Å²) in [5.41, 5.74) is 2.99. The van der Waals surface area contributed by atoms with Crippen LogP contribution in [-0.2, 0) is 12.4 Å². The van der Waals surface area contributed by atoms with E-state index < -0.39 is 35.3 Å². The van der Waals surface area contributed by atoms with Gasteiger partial charge in [0.15, 0.2) is 0 Å². The Morgan fingerprint density at radius 1 is 0.553 bits per heavy atom. The molecule has 2 amide bonds. The number of aryl methyl sites for hydroxylation is 2. The highest BCUT2D eigenvalue weighted by molar-refractivity contribution is 6.23. The van der Waals surface area contributed by atoms with Crippen LogP contribution in [0.2, 0.25) is 0 Å². The predicted octanol–water partition coefficient (Wildman–Crippen LogP) is 10.00. The first-order valence-electron chi connectivity index (χ1n) is 14.5. The molecule has 1 aliphatic heterocycles. The maximum Gasteiger partial charge on any atom is 0.416 e. The van der Waals surface area contributed by atoms with Crippen LogP contribution in [0.25, 0.3) is 49.7 Å². The molecule has 0 atom stereocenters. The third kappa shape index (κ3) is 4.95. The molecule has 236 valence electrons. The molecule has 0 unspecified atom stereocenters. The van der Waals surface area contributed by atoms with Gasteiger partial charge in [-0.1, -0.05) is 30.3 Å². The molecule has 6 aromatic rings. The zero-order chi connectivity index (χ0) is 33.6. The van der Waals surface area contributed by atoms with Gasteiger partial charge in [0.2, 0.25) is 0 Å². The Morgan fingerprint density at radius 2 is 1.04 bits per heavy atom. The zero-order valence-corrected chi connectivity index (χ0v) is 25.1. The number of imide groups is 1. The summed E-state index contributed by atoms with van der Waals surface area (Å²) in [7, 11) is 1.40. The maximum absolute atomic E-state index is 13.7. The molecule has 4 nitrogen and oxygen atoms in total. The highest BCUT2D eigenvalue weighted by Gasteiger charge is 2.36. The van der Waals surface area contributed by atoms with Crippen molar-refractivity contribution in [2.75, 3.05) is 7.05 Å². The Kier molecular flexibility index (Phi) is 6.65. The van der Waals surface area contributed by atoms with Crippen molar-refractivity contribution in [1.82, 2.24) is 9.47 Å². The van der Waals surface area contributed by atoms with E-state index in [2.05, 4.69) is 0 Å². The van der Waals surface area contributed by atoms with Crippen LogP contribution in [0, 0.1) is 13.8 Å². The fourth-order valence-corrected chi connectivity index (χ4v) is 6.44. The molecular weight excluding hydrogens is 618 g/mol. The minimum Gasteiger partial charge on any atom is -0.308 e. The summed E-state index contributed by atoms with van der Waals surface area (Å²) < 4.78 is 84.1. The molecule has 0 saturated heterocycles. The molecule has 0 N–H and O–H groups in total. The molecule has 0 spiro atoms. The lowest BCUT2D eigenvalue weighted by Crippen LogP contribution is -2.24. The first-order chi connectivity index (χ1) is 22.1. The SMILES string of the molecule is Cc1cc(-c2ccc3c(c2)c2cc(-c4cc(C)cc(C(F)(F)F)c4)ccc2n3-c2cccc3c2C(=O)N(C)C3=O)cc(C(F)(F)F)c1. The molecule has 10 heteroatoms. The third-order valence-electron chi connectivity index (χ3n) is 8.58. The van der Waals surface area contributed by atoms with Gasteiger partial charge in [0, 0.05) is 17.8 Å². The number of alkyl halides is 6. The molecule has 47 heavy (non-hydrogen) atoms. The van der Waals surface area contributed by atoms with Crippen LogP contribution in [0.5, 0.6) is 0 Å². The Balaban J connectivity index is 1.53. The average Bonchev–Trinajstić information content (AvgIpc) is 3.45. The lowest BCUT2D eigenvalue weighted by atomic mass is 9.96. The van der Waals surface area contributed by atoms with Crippen molar-refractivity contribution in [1.29, 1.82) is 0 Å². The molecule has 1 aliphatic rings. The van der Waals surface area contributed by atoms with Crippen LogP contribution >= 0.6 is 0 Å². The van der Waals surface area contributed by atoms with E-state index in [-0.39, 0.29) is 11.1 Å². The monoisotopic (exact) mass is 642 g/mol. The number of carbonyl (C=O) groups excluding carboxylic acids is 2. The van der Waals surface area contributed by atoms with Crippen molar-refractivity contribution in [2.45, 2.75) is 26.2 Å². The number of hydrogen-bond donors (Lipinski definition) is 0. The van der Waals surface area contributed by atoms with E-state index in [0.29, 0.717) is 60.9 Å². The minimum atomic E-state index is -4.55. The molecule has 5 aromatic carbocycles. The second kappa shape index (κ2) is 10.3. The van der Waals surface area contributed by atoms with E-state index >= 15 is 0 Å². The van der Waals surface area contributed by atoms with Crippen molar-refractivity contribution in [3.8, 4) is 27.9 Å². The smallest absolute Gasteiger partial charge is 0.308 e. The van der Waals surface area contributed by atoms with Crippen LogP contribution in [0.1, 0.15) is 43.0 Å². The topological polar surface area (TPSA) is 42.3 Å². The van der Waals surface area contributed by atoms with Gasteiger partial charge in [-0.2, -0.15) is 26.3 Å². The molecule has 0 saturated carbocycles. The minimum absolute atomic E-state index is 0.203. The molecular formula is C37H24F6N2O2. The van der Waals surface area contributed by atoms with Crippen LogP contribution in [0.3, 0.4) is 0 Å². The molecule has 0 radical (unpaired) electrons. The Hall–Kier alpha value is -5.38. The fourth-order valence-electron chi connectivity index (χ4n) is 6.44. The molecule has 2 heterocycles. The Morgan fingerprint density at radius 3 is 1.51 bits per heavy atom. The summed E-state index contributed by atoms with van der Waals surface area (Å²) in [4.78, 5) is 27.1. The quantitative estimate of drug-likeness (QED) is 0.142. The highest BCUT2D eigenvalue weighted by Crippen LogP contribution is 2.41. The van der Waals surface area contributed by atoms with Gasteiger partial charge in [-0.05, 0) is 108 Å². The lowest BCUT2D eigenvalue weighted by molar-refractivity contribution is -0.138.